The second-order valence-electron chi connectivity index (χ2n) is 11.2. The number of rotatable bonds is 13. The molecule has 1 atom stereocenters. The lowest BCUT2D eigenvalue weighted by atomic mass is 10.0. The SMILES string of the molecule is COc1ccc(N(CC(=O)N(Cc2ccc(Br)cc2)[C@H](Cc2ccccc2)C(=O)NC(C)C)S(=O)(=O)c2ccc(C)cc2)cc1Cl. The van der Waals surface area contributed by atoms with Gasteiger partial charge in [-0.25, -0.2) is 8.42 Å². The third-order valence-electron chi connectivity index (χ3n) is 7.28. The molecular weight excluding hydrogens is 690 g/mol. The fourth-order valence-electron chi connectivity index (χ4n) is 4.90. The van der Waals surface area contributed by atoms with Gasteiger partial charge in [0.15, 0.2) is 0 Å². The Labute approximate surface area is 284 Å². The number of sulfonamides is 1. The van der Waals surface area contributed by atoms with Crippen molar-refractivity contribution in [2.45, 2.75) is 50.7 Å². The minimum Gasteiger partial charge on any atom is -0.495 e. The first-order chi connectivity index (χ1) is 21.9. The molecule has 8 nitrogen and oxygen atoms in total. The lowest BCUT2D eigenvalue weighted by Crippen LogP contribution is -2.54. The molecule has 0 saturated carbocycles. The average molecular weight is 727 g/mol. The number of amides is 2. The number of hydrogen-bond donors (Lipinski definition) is 1. The molecule has 0 aliphatic carbocycles. The van der Waals surface area contributed by atoms with Gasteiger partial charge < -0.3 is 15.0 Å². The van der Waals surface area contributed by atoms with Crippen molar-refractivity contribution in [3.63, 3.8) is 0 Å². The van der Waals surface area contributed by atoms with Gasteiger partial charge in [0.2, 0.25) is 11.8 Å². The minimum absolute atomic E-state index is 0.00989. The highest BCUT2D eigenvalue weighted by atomic mass is 79.9. The molecule has 242 valence electrons. The van der Waals surface area contributed by atoms with Crippen LogP contribution >= 0.6 is 27.5 Å². The number of nitrogens with zero attached hydrogens (tertiary/aromatic N) is 2. The standard InChI is InChI=1S/C35H37BrClN3O5S/c1-24(2)38-35(42)32(20-26-8-6-5-7-9-26)39(22-27-12-14-28(36)15-13-27)34(41)23-40(29-16-19-33(45-4)31(37)21-29)46(43,44)30-17-10-25(3)11-18-30/h5-19,21,24,32H,20,22-23H2,1-4H3,(H,38,42)/t32-/m1/s1. The van der Waals surface area contributed by atoms with Gasteiger partial charge in [-0.2, -0.15) is 0 Å². The van der Waals surface area contributed by atoms with Crippen molar-refractivity contribution >= 4 is 55.1 Å². The summed E-state index contributed by atoms with van der Waals surface area (Å²) < 4.78 is 35.6. The Morgan fingerprint density at radius 1 is 0.913 bits per heavy atom. The van der Waals surface area contributed by atoms with E-state index in [1.807, 2.05) is 75.4 Å². The Morgan fingerprint density at radius 3 is 2.15 bits per heavy atom. The molecule has 0 fully saturated rings. The zero-order chi connectivity index (χ0) is 33.4. The largest absolute Gasteiger partial charge is 0.495 e. The van der Waals surface area contributed by atoms with Gasteiger partial charge in [0, 0.05) is 23.5 Å². The van der Waals surface area contributed by atoms with E-state index in [2.05, 4.69) is 21.2 Å². The van der Waals surface area contributed by atoms with E-state index in [1.165, 1.54) is 36.3 Å². The van der Waals surface area contributed by atoms with E-state index in [-0.39, 0.29) is 40.5 Å². The first-order valence-corrected chi connectivity index (χ1v) is 17.3. The van der Waals surface area contributed by atoms with E-state index in [0.29, 0.717) is 5.75 Å². The summed E-state index contributed by atoms with van der Waals surface area (Å²) in [6, 6.07) is 26.6. The second kappa shape index (κ2) is 15.6. The molecule has 2 amide bonds. The maximum absolute atomic E-state index is 14.5. The lowest BCUT2D eigenvalue weighted by molar-refractivity contribution is -0.140. The van der Waals surface area contributed by atoms with Crippen molar-refractivity contribution in [1.82, 2.24) is 10.2 Å². The Morgan fingerprint density at radius 2 is 1.57 bits per heavy atom. The van der Waals surface area contributed by atoms with Gasteiger partial charge in [-0.15, -0.1) is 0 Å². The number of halogens is 2. The number of nitrogens with one attached hydrogen (secondary N) is 1. The Balaban J connectivity index is 1.82. The van der Waals surface area contributed by atoms with Crippen LogP contribution in [0.5, 0.6) is 5.75 Å². The summed E-state index contributed by atoms with van der Waals surface area (Å²) in [6.45, 7) is 5.03. The number of benzene rings is 4. The highest BCUT2D eigenvalue weighted by molar-refractivity contribution is 9.10. The molecule has 0 heterocycles. The van der Waals surface area contributed by atoms with E-state index >= 15 is 0 Å². The Kier molecular flexibility index (Phi) is 11.9. The second-order valence-corrected chi connectivity index (χ2v) is 14.3. The van der Waals surface area contributed by atoms with Crippen molar-refractivity contribution in [3.8, 4) is 5.75 Å². The van der Waals surface area contributed by atoms with Gasteiger partial charge in [-0.3, -0.25) is 13.9 Å². The molecule has 4 aromatic carbocycles. The fourth-order valence-corrected chi connectivity index (χ4v) is 6.82. The molecule has 46 heavy (non-hydrogen) atoms. The maximum Gasteiger partial charge on any atom is 0.264 e. The van der Waals surface area contributed by atoms with Crippen LogP contribution in [-0.2, 0) is 32.6 Å². The van der Waals surface area contributed by atoms with Gasteiger partial charge in [0.1, 0.15) is 18.3 Å². The summed E-state index contributed by atoms with van der Waals surface area (Å²) in [4.78, 5) is 29.8. The number of aryl methyl sites for hydroxylation is 1. The molecule has 0 bridgehead atoms. The van der Waals surface area contributed by atoms with Crippen LogP contribution in [-0.4, -0.2) is 50.9 Å². The average Bonchev–Trinajstić information content (AvgIpc) is 3.02. The summed E-state index contributed by atoms with van der Waals surface area (Å²) in [5.74, 6) is -0.551. The molecular formula is C35H37BrClN3O5S. The highest BCUT2D eigenvalue weighted by Gasteiger charge is 2.35. The molecule has 4 rings (SSSR count). The normalized spacial score (nSPS) is 12.0. The smallest absolute Gasteiger partial charge is 0.264 e. The number of carbonyl (C=O) groups excluding carboxylic acids is 2. The molecule has 0 saturated heterocycles. The lowest BCUT2D eigenvalue weighted by Gasteiger charge is -2.34. The number of methoxy groups -OCH3 is 1. The van der Waals surface area contributed by atoms with E-state index in [1.54, 1.807) is 18.2 Å². The number of hydrogen-bond acceptors (Lipinski definition) is 5. The maximum atomic E-state index is 14.5. The minimum atomic E-state index is -4.26. The van der Waals surface area contributed by atoms with Crippen molar-refractivity contribution < 1.29 is 22.7 Å². The topological polar surface area (TPSA) is 96.0 Å². The zero-order valence-electron chi connectivity index (χ0n) is 26.1. The predicted molar refractivity (Wildman–Crippen MR) is 186 cm³/mol. The Bertz CT molecular complexity index is 1750. The van der Waals surface area contributed by atoms with Crippen molar-refractivity contribution in [2.75, 3.05) is 18.0 Å². The third kappa shape index (κ3) is 8.90. The molecule has 0 aliphatic rings. The van der Waals surface area contributed by atoms with Crippen molar-refractivity contribution in [1.29, 1.82) is 0 Å². The van der Waals surface area contributed by atoms with E-state index in [4.69, 9.17) is 16.3 Å². The van der Waals surface area contributed by atoms with E-state index in [9.17, 15) is 18.0 Å². The van der Waals surface area contributed by atoms with E-state index < -0.39 is 28.5 Å². The van der Waals surface area contributed by atoms with Crippen LogP contribution in [0.15, 0.2) is 106 Å². The van der Waals surface area contributed by atoms with Crippen molar-refractivity contribution in [3.05, 3.63) is 123 Å². The first-order valence-electron chi connectivity index (χ1n) is 14.7. The summed E-state index contributed by atoms with van der Waals surface area (Å²) in [5.41, 5.74) is 2.68. The van der Waals surface area contributed by atoms with Crippen LogP contribution in [0.4, 0.5) is 5.69 Å². The molecule has 0 unspecified atom stereocenters. The molecule has 0 aromatic heterocycles. The first kappa shape index (κ1) is 35.0. The molecule has 1 N–H and O–H groups in total. The van der Waals surface area contributed by atoms with Gasteiger partial charge in [0.05, 0.1) is 22.7 Å². The summed E-state index contributed by atoms with van der Waals surface area (Å²) in [7, 11) is -2.80. The fraction of sp³-hybridized carbons (Fsp3) is 0.257. The van der Waals surface area contributed by atoms with E-state index in [0.717, 1.165) is 25.5 Å². The van der Waals surface area contributed by atoms with Crippen LogP contribution in [0, 0.1) is 6.92 Å². The summed E-state index contributed by atoms with van der Waals surface area (Å²) >= 11 is 9.89. The molecule has 4 aromatic rings. The monoisotopic (exact) mass is 725 g/mol. The predicted octanol–water partition coefficient (Wildman–Crippen LogP) is 6.78. The van der Waals surface area contributed by atoms with Gasteiger partial charge >= 0.3 is 0 Å². The molecule has 0 aliphatic heterocycles. The number of anilines is 1. The molecule has 0 spiro atoms. The molecule has 0 radical (unpaired) electrons. The summed E-state index contributed by atoms with van der Waals surface area (Å²) in [6.07, 6.45) is 0.223. The molecule has 11 heteroatoms. The Hall–Kier alpha value is -3.86. The number of carbonyl (C=O) groups is 2. The quantitative estimate of drug-likeness (QED) is 0.164. The van der Waals surface area contributed by atoms with Crippen LogP contribution < -0.4 is 14.4 Å². The highest BCUT2D eigenvalue weighted by Crippen LogP contribution is 2.32. The van der Waals surface area contributed by atoms with Crippen LogP contribution in [0.25, 0.3) is 0 Å². The van der Waals surface area contributed by atoms with Gasteiger partial charge in [-0.05, 0) is 74.4 Å². The van der Waals surface area contributed by atoms with Crippen LogP contribution in [0.1, 0.15) is 30.5 Å². The number of ether oxygens (including phenoxy) is 1. The van der Waals surface area contributed by atoms with Gasteiger partial charge in [-0.1, -0.05) is 87.7 Å². The third-order valence-corrected chi connectivity index (χ3v) is 9.89. The summed E-state index contributed by atoms with van der Waals surface area (Å²) in [5, 5.41) is 3.14. The van der Waals surface area contributed by atoms with Crippen LogP contribution in [0.3, 0.4) is 0 Å². The zero-order valence-corrected chi connectivity index (χ0v) is 29.3. The van der Waals surface area contributed by atoms with Gasteiger partial charge in [0.25, 0.3) is 10.0 Å². The van der Waals surface area contributed by atoms with Crippen molar-refractivity contribution in [2.24, 2.45) is 0 Å². The van der Waals surface area contributed by atoms with Crippen LogP contribution in [0.2, 0.25) is 5.02 Å².